The van der Waals surface area contributed by atoms with Gasteiger partial charge in [-0.2, -0.15) is 0 Å². The van der Waals surface area contributed by atoms with Crippen molar-refractivity contribution >= 4 is 23.2 Å². The van der Waals surface area contributed by atoms with Crippen LogP contribution in [0.25, 0.3) is 0 Å². The van der Waals surface area contributed by atoms with Gasteiger partial charge in [-0.05, 0) is 38.0 Å². The van der Waals surface area contributed by atoms with Gasteiger partial charge in [0, 0.05) is 17.8 Å². The van der Waals surface area contributed by atoms with Crippen LogP contribution in [-0.4, -0.2) is 23.2 Å². The molecule has 0 aromatic heterocycles. The fraction of sp³-hybridized carbons (Fsp3) is 0.462. The molecule has 0 fully saturated rings. The molecule has 0 spiro atoms. The Morgan fingerprint density at radius 3 is 2.78 bits per heavy atom. The Bertz CT molecular complexity index is 437. The Labute approximate surface area is 112 Å². The monoisotopic (exact) mass is 270 g/mol. The minimum Gasteiger partial charge on any atom is -0.399 e. The maximum absolute atomic E-state index is 12.1. The van der Waals surface area contributed by atoms with E-state index < -0.39 is 5.54 Å². The van der Waals surface area contributed by atoms with Gasteiger partial charge in [-0.1, -0.05) is 18.5 Å². The van der Waals surface area contributed by atoms with Crippen LogP contribution in [0.15, 0.2) is 18.2 Å². The Balaban J connectivity index is 2.90. The van der Waals surface area contributed by atoms with Gasteiger partial charge in [0.15, 0.2) is 0 Å². The van der Waals surface area contributed by atoms with E-state index in [1.54, 1.807) is 18.2 Å². The summed E-state index contributed by atoms with van der Waals surface area (Å²) < 4.78 is 0. The topological polar surface area (TPSA) is 75.3 Å². The first-order chi connectivity index (χ1) is 8.41. The number of hydrogen-bond acceptors (Lipinski definition) is 3. The number of nitrogens with one attached hydrogen (secondary N) is 1. The lowest BCUT2D eigenvalue weighted by molar-refractivity contribution is 0.0886. The third-order valence-electron chi connectivity index (χ3n) is 3.09. The number of rotatable bonds is 5. The van der Waals surface area contributed by atoms with Crippen LogP contribution in [0, 0.1) is 0 Å². The van der Waals surface area contributed by atoms with Crippen molar-refractivity contribution in [2.75, 3.05) is 12.3 Å². The van der Waals surface area contributed by atoms with E-state index in [-0.39, 0.29) is 12.5 Å². The number of nitrogens with two attached hydrogens (primary N) is 1. The van der Waals surface area contributed by atoms with Crippen LogP contribution in [-0.2, 0) is 0 Å². The van der Waals surface area contributed by atoms with Crippen LogP contribution < -0.4 is 11.1 Å². The Morgan fingerprint density at radius 2 is 2.22 bits per heavy atom. The third kappa shape index (κ3) is 3.62. The Morgan fingerprint density at radius 1 is 1.56 bits per heavy atom. The van der Waals surface area contributed by atoms with E-state index in [0.29, 0.717) is 22.7 Å². The number of amides is 1. The summed E-state index contributed by atoms with van der Waals surface area (Å²) in [7, 11) is 0. The molecule has 1 atom stereocenters. The number of benzene rings is 1. The van der Waals surface area contributed by atoms with Gasteiger partial charge in [-0.15, -0.1) is 0 Å². The van der Waals surface area contributed by atoms with E-state index in [9.17, 15) is 4.79 Å². The summed E-state index contributed by atoms with van der Waals surface area (Å²) in [5, 5.41) is 12.3. The SMILES string of the molecule is CCC(C)(CCO)NC(=O)c1cc(N)ccc1Cl. The van der Waals surface area contributed by atoms with Crippen molar-refractivity contribution in [2.45, 2.75) is 32.2 Å². The predicted molar refractivity (Wildman–Crippen MR) is 73.7 cm³/mol. The van der Waals surface area contributed by atoms with Crippen molar-refractivity contribution in [3.8, 4) is 0 Å². The number of carbonyl (C=O) groups is 1. The van der Waals surface area contributed by atoms with E-state index in [1.807, 2.05) is 13.8 Å². The van der Waals surface area contributed by atoms with Crippen LogP contribution in [0.1, 0.15) is 37.0 Å². The number of carbonyl (C=O) groups excluding carboxylic acids is 1. The van der Waals surface area contributed by atoms with Crippen LogP contribution in [0.2, 0.25) is 5.02 Å². The minimum atomic E-state index is -0.445. The van der Waals surface area contributed by atoms with Gasteiger partial charge in [-0.25, -0.2) is 0 Å². The van der Waals surface area contributed by atoms with Crippen molar-refractivity contribution in [2.24, 2.45) is 0 Å². The molecule has 18 heavy (non-hydrogen) atoms. The van der Waals surface area contributed by atoms with Crippen molar-refractivity contribution in [3.05, 3.63) is 28.8 Å². The smallest absolute Gasteiger partial charge is 0.253 e. The molecule has 1 amide bonds. The second-order valence-corrected chi connectivity index (χ2v) is 4.99. The molecule has 0 aliphatic heterocycles. The van der Waals surface area contributed by atoms with Gasteiger partial charge in [-0.3, -0.25) is 4.79 Å². The highest BCUT2D eigenvalue weighted by atomic mass is 35.5. The maximum atomic E-state index is 12.1. The maximum Gasteiger partial charge on any atom is 0.253 e. The zero-order valence-electron chi connectivity index (χ0n) is 10.7. The summed E-state index contributed by atoms with van der Waals surface area (Å²) in [6.07, 6.45) is 1.22. The number of aliphatic hydroxyl groups excluding tert-OH is 1. The molecule has 0 saturated heterocycles. The Hall–Kier alpha value is -1.26. The van der Waals surface area contributed by atoms with Gasteiger partial charge in [0.2, 0.25) is 0 Å². The molecule has 5 heteroatoms. The number of aliphatic hydroxyl groups is 1. The normalized spacial score (nSPS) is 14.0. The molecule has 0 saturated carbocycles. The first-order valence-electron chi connectivity index (χ1n) is 5.90. The third-order valence-corrected chi connectivity index (χ3v) is 3.42. The van der Waals surface area contributed by atoms with Crippen LogP contribution in [0.3, 0.4) is 0 Å². The van der Waals surface area contributed by atoms with Crippen LogP contribution >= 0.6 is 11.6 Å². The summed E-state index contributed by atoms with van der Waals surface area (Å²) in [5.74, 6) is -0.273. The molecular weight excluding hydrogens is 252 g/mol. The highest BCUT2D eigenvalue weighted by Gasteiger charge is 2.25. The second kappa shape index (κ2) is 6.07. The van der Waals surface area contributed by atoms with E-state index in [4.69, 9.17) is 22.4 Å². The largest absolute Gasteiger partial charge is 0.399 e. The molecule has 0 aliphatic carbocycles. The summed E-state index contributed by atoms with van der Waals surface area (Å²) >= 11 is 5.97. The van der Waals surface area contributed by atoms with Crippen LogP contribution in [0.4, 0.5) is 5.69 Å². The van der Waals surface area contributed by atoms with Crippen molar-refractivity contribution in [1.29, 1.82) is 0 Å². The fourth-order valence-electron chi connectivity index (χ4n) is 1.63. The number of hydrogen-bond donors (Lipinski definition) is 3. The molecule has 0 heterocycles. The van der Waals surface area contributed by atoms with Gasteiger partial charge in [0.25, 0.3) is 5.91 Å². The lowest BCUT2D eigenvalue weighted by atomic mass is 9.94. The molecule has 100 valence electrons. The molecule has 0 bridgehead atoms. The van der Waals surface area contributed by atoms with E-state index in [2.05, 4.69) is 5.32 Å². The predicted octanol–water partition coefficient (Wildman–Crippen LogP) is 2.20. The summed E-state index contributed by atoms with van der Waals surface area (Å²) in [4.78, 5) is 12.1. The van der Waals surface area contributed by atoms with Gasteiger partial charge < -0.3 is 16.2 Å². The molecule has 4 N–H and O–H groups in total. The standard InChI is InChI=1S/C13H19ClN2O2/c1-3-13(2,6-7-17)16-12(18)10-8-9(15)4-5-11(10)14/h4-5,8,17H,3,6-7,15H2,1-2H3,(H,16,18). The Kier molecular flexibility index (Phi) is 4.99. The van der Waals surface area contributed by atoms with Crippen LogP contribution in [0.5, 0.6) is 0 Å². The molecule has 1 rings (SSSR count). The molecule has 1 aromatic rings. The zero-order chi connectivity index (χ0) is 13.8. The lowest BCUT2D eigenvalue weighted by Crippen LogP contribution is -2.46. The molecule has 0 aliphatic rings. The molecular formula is C13H19ClN2O2. The average molecular weight is 271 g/mol. The van der Waals surface area contributed by atoms with Crippen molar-refractivity contribution in [3.63, 3.8) is 0 Å². The second-order valence-electron chi connectivity index (χ2n) is 4.58. The average Bonchev–Trinajstić information content (AvgIpc) is 2.32. The molecule has 1 unspecified atom stereocenters. The molecule has 4 nitrogen and oxygen atoms in total. The summed E-state index contributed by atoms with van der Waals surface area (Å²) in [6, 6.07) is 4.79. The van der Waals surface area contributed by atoms with E-state index >= 15 is 0 Å². The quantitative estimate of drug-likeness (QED) is 0.718. The number of nitrogen functional groups attached to an aromatic ring is 1. The summed E-state index contributed by atoms with van der Waals surface area (Å²) in [6.45, 7) is 3.87. The highest BCUT2D eigenvalue weighted by Crippen LogP contribution is 2.21. The first-order valence-corrected chi connectivity index (χ1v) is 6.28. The zero-order valence-corrected chi connectivity index (χ0v) is 11.4. The molecule has 1 aromatic carbocycles. The highest BCUT2D eigenvalue weighted by molar-refractivity contribution is 6.34. The summed E-state index contributed by atoms with van der Waals surface area (Å²) in [5.41, 5.74) is 6.04. The van der Waals surface area contributed by atoms with Crippen molar-refractivity contribution < 1.29 is 9.90 Å². The van der Waals surface area contributed by atoms with Gasteiger partial charge in [0.05, 0.1) is 10.6 Å². The minimum absolute atomic E-state index is 0.0231. The van der Waals surface area contributed by atoms with Gasteiger partial charge >= 0.3 is 0 Å². The number of halogens is 1. The van der Waals surface area contributed by atoms with Crippen molar-refractivity contribution in [1.82, 2.24) is 5.32 Å². The first kappa shape index (κ1) is 14.8. The molecule has 0 radical (unpaired) electrons. The van der Waals surface area contributed by atoms with E-state index in [0.717, 1.165) is 6.42 Å². The lowest BCUT2D eigenvalue weighted by Gasteiger charge is -2.29. The fourth-order valence-corrected chi connectivity index (χ4v) is 1.84. The van der Waals surface area contributed by atoms with E-state index in [1.165, 1.54) is 0 Å². The number of anilines is 1. The van der Waals surface area contributed by atoms with Gasteiger partial charge in [0.1, 0.15) is 0 Å².